The third-order valence-corrected chi connectivity index (χ3v) is 6.33. The summed E-state index contributed by atoms with van der Waals surface area (Å²) in [5.41, 5.74) is 3.48. The topological polar surface area (TPSA) is 61.5 Å². The summed E-state index contributed by atoms with van der Waals surface area (Å²) in [6, 6.07) is 20.9. The first-order valence-corrected chi connectivity index (χ1v) is 11.0. The second-order valence-electron chi connectivity index (χ2n) is 8.47. The average molecular weight is 417 g/mol. The van der Waals surface area contributed by atoms with Gasteiger partial charge in [-0.25, -0.2) is 0 Å². The van der Waals surface area contributed by atoms with E-state index in [1.807, 2.05) is 41.3 Å². The maximum absolute atomic E-state index is 13.5. The fraction of sp³-hybridized carbons (Fsp3) is 0.360. The molecule has 2 fully saturated rings. The van der Waals surface area contributed by atoms with Crippen LogP contribution >= 0.6 is 0 Å². The largest absolute Gasteiger partial charge is 0.497 e. The maximum atomic E-state index is 13.5. The molecule has 3 aromatic rings. The van der Waals surface area contributed by atoms with Gasteiger partial charge in [-0.05, 0) is 43.0 Å². The lowest BCUT2D eigenvalue weighted by atomic mass is 10.0. The standard InChI is InChI=1S/C25H28N4O2/c1-31-22-9-5-8-19(15-22)23-16-24(27-26-23)25(30)29-13-12-28(20-10-11-20)17-21(29)14-18-6-3-2-4-7-18/h2-9,15-16,20-21H,10-14,17H2,1H3,(H,26,27). The van der Waals surface area contributed by atoms with E-state index in [-0.39, 0.29) is 11.9 Å². The Hall–Kier alpha value is -3.12. The number of carbonyl (C=O) groups excluding carboxylic acids is 1. The van der Waals surface area contributed by atoms with Crippen LogP contribution in [0.25, 0.3) is 11.3 Å². The second kappa shape index (κ2) is 8.55. The zero-order valence-corrected chi connectivity index (χ0v) is 17.8. The molecule has 0 radical (unpaired) electrons. The molecule has 1 N–H and O–H groups in total. The number of hydrogen-bond acceptors (Lipinski definition) is 4. The minimum atomic E-state index is 0.0259. The zero-order chi connectivity index (χ0) is 21.2. The number of hydrogen-bond donors (Lipinski definition) is 1. The minimum Gasteiger partial charge on any atom is -0.497 e. The molecule has 1 amide bonds. The molecule has 1 aliphatic heterocycles. The number of carbonyl (C=O) groups is 1. The van der Waals surface area contributed by atoms with Crippen molar-refractivity contribution >= 4 is 5.91 Å². The summed E-state index contributed by atoms with van der Waals surface area (Å²) in [6.07, 6.45) is 3.44. The van der Waals surface area contributed by atoms with Crippen molar-refractivity contribution in [1.82, 2.24) is 20.0 Å². The Labute approximate surface area is 182 Å². The van der Waals surface area contributed by atoms with Gasteiger partial charge in [0.2, 0.25) is 0 Å². The van der Waals surface area contributed by atoms with Crippen molar-refractivity contribution in [1.29, 1.82) is 0 Å². The van der Waals surface area contributed by atoms with E-state index in [0.29, 0.717) is 11.7 Å². The Morgan fingerprint density at radius 3 is 2.71 bits per heavy atom. The van der Waals surface area contributed by atoms with Gasteiger partial charge in [-0.2, -0.15) is 5.10 Å². The van der Waals surface area contributed by atoms with Gasteiger partial charge in [0.1, 0.15) is 11.4 Å². The van der Waals surface area contributed by atoms with E-state index >= 15 is 0 Å². The van der Waals surface area contributed by atoms with E-state index < -0.39 is 0 Å². The molecule has 0 bridgehead atoms. The van der Waals surface area contributed by atoms with E-state index in [0.717, 1.165) is 43.1 Å². The molecule has 160 valence electrons. The van der Waals surface area contributed by atoms with Gasteiger partial charge in [0, 0.05) is 37.3 Å². The SMILES string of the molecule is COc1cccc(-c2cc(C(=O)N3CCN(C4CC4)CC3Cc3ccccc3)[nH]n2)c1. The van der Waals surface area contributed by atoms with E-state index in [9.17, 15) is 4.79 Å². The number of rotatable bonds is 6. The van der Waals surface area contributed by atoms with Crippen LogP contribution in [0, 0.1) is 0 Å². The van der Waals surface area contributed by atoms with Crippen molar-refractivity contribution in [2.45, 2.75) is 31.3 Å². The van der Waals surface area contributed by atoms with Gasteiger partial charge < -0.3 is 9.64 Å². The molecule has 1 aromatic heterocycles. The molecular weight excluding hydrogens is 388 g/mol. The van der Waals surface area contributed by atoms with Crippen molar-refractivity contribution in [2.75, 3.05) is 26.7 Å². The highest BCUT2D eigenvalue weighted by Crippen LogP contribution is 2.30. The first kappa shape index (κ1) is 19.8. The van der Waals surface area contributed by atoms with Crippen molar-refractivity contribution in [2.24, 2.45) is 0 Å². The molecular formula is C25H28N4O2. The van der Waals surface area contributed by atoms with Crippen LogP contribution in [-0.2, 0) is 6.42 Å². The first-order valence-electron chi connectivity index (χ1n) is 11.0. The normalized spacial score (nSPS) is 19.4. The number of methoxy groups -OCH3 is 1. The van der Waals surface area contributed by atoms with E-state index in [1.165, 1.54) is 18.4 Å². The van der Waals surface area contributed by atoms with E-state index in [4.69, 9.17) is 4.74 Å². The fourth-order valence-corrected chi connectivity index (χ4v) is 4.50. The zero-order valence-electron chi connectivity index (χ0n) is 17.8. The third-order valence-electron chi connectivity index (χ3n) is 6.33. The molecule has 1 unspecified atom stereocenters. The number of aromatic amines is 1. The van der Waals surface area contributed by atoms with Crippen LogP contribution in [-0.4, -0.2) is 64.7 Å². The highest BCUT2D eigenvalue weighted by Gasteiger charge is 2.37. The van der Waals surface area contributed by atoms with Gasteiger partial charge >= 0.3 is 0 Å². The first-order chi connectivity index (χ1) is 15.2. The van der Waals surface area contributed by atoms with Gasteiger partial charge in [-0.1, -0.05) is 42.5 Å². The summed E-state index contributed by atoms with van der Waals surface area (Å²) in [7, 11) is 1.65. The van der Waals surface area contributed by atoms with Crippen LogP contribution in [0.15, 0.2) is 60.7 Å². The highest BCUT2D eigenvalue weighted by atomic mass is 16.5. The van der Waals surface area contributed by atoms with Crippen molar-refractivity contribution in [3.63, 3.8) is 0 Å². The van der Waals surface area contributed by atoms with Crippen LogP contribution < -0.4 is 4.74 Å². The quantitative estimate of drug-likeness (QED) is 0.667. The molecule has 1 aliphatic carbocycles. The molecule has 1 saturated heterocycles. The lowest BCUT2D eigenvalue weighted by Gasteiger charge is -2.41. The number of nitrogens with one attached hydrogen (secondary N) is 1. The Kier molecular flexibility index (Phi) is 5.47. The van der Waals surface area contributed by atoms with Gasteiger partial charge in [-0.15, -0.1) is 0 Å². The predicted molar refractivity (Wildman–Crippen MR) is 120 cm³/mol. The molecule has 2 aliphatic rings. The lowest BCUT2D eigenvalue weighted by Crippen LogP contribution is -2.56. The Morgan fingerprint density at radius 2 is 1.94 bits per heavy atom. The summed E-state index contributed by atoms with van der Waals surface area (Å²) in [5, 5.41) is 7.38. The van der Waals surface area contributed by atoms with Gasteiger partial charge in [0.15, 0.2) is 0 Å². The molecule has 6 heteroatoms. The van der Waals surface area contributed by atoms with Crippen LogP contribution in [0.5, 0.6) is 5.75 Å². The van der Waals surface area contributed by atoms with Gasteiger partial charge in [0.25, 0.3) is 5.91 Å². The highest BCUT2D eigenvalue weighted by molar-refractivity contribution is 5.93. The number of benzene rings is 2. The Balaban J connectivity index is 1.36. The molecule has 1 atom stereocenters. The summed E-state index contributed by atoms with van der Waals surface area (Å²) < 4.78 is 5.31. The molecule has 31 heavy (non-hydrogen) atoms. The molecule has 0 spiro atoms. The number of nitrogens with zero attached hydrogens (tertiary/aromatic N) is 3. The van der Waals surface area contributed by atoms with Crippen LogP contribution in [0.1, 0.15) is 28.9 Å². The van der Waals surface area contributed by atoms with Gasteiger partial charge in [-0.3, -0.25) is 14.8 Å². The summed E-state index contributed by atoms with van der Waals surface area (Å²) in [5.74, 6) is 0.797. The molecule has 5 rings (SSSR count). The van der Waals surface area contributed by atoms with Crippen molar-refractivity contribution < 1.29 is 9.53 Å². The van der Waals surface area contributed by atoms with E-state index in [1.54, 1.807) is 7.11 Å². The van der Waals surface area contributed by atoms with Crippen molar-refractivity contribution in [3.05, 3.63) is 71.9 Å². The predicted octanol–water partition coefficient (Wildman–Crippen LogP) is 3.62. The summed E-state index contributed by atoms with van der Waals surface area (Å²) in [4.78, 5) is 18.1. The Morgan fingerprint density at radius 1 is 1.10 bits per heavy atom. The average Bonchev–Trinajstić information content (AvgIpc) is 3.55. The van der Waals surface area contributed by atoms with Crippen LogP contribution in [0.3, 0.4) is 0 Å². The second-order valence-corrected chi connectivity index (χ2v) is 8.47. The van der Waals surface area contributed by atoms with Crippen molar-refractivity contribution in [3.8, 4) is 17.0 Å². The smallest absolute Gasteiger partial charge is 0.272 e. The molecule has 2 aromatic carbocycles. The number of H-pyrrole nitrogens is 1. The number of ether oxygens (including phenoxy) is 1. The number of aromatic nitrogens is 2. The minimum absolute atomic E-state index is 0.0259. The number of amides is 1. The third kappa shape index (κ3) is 4.35. The summed E-state index contributed by atoms with van der Waals surface area (Å²) in [6.45, 7) is 2.63. The molecule has 2 heterocycles. The maximum Gasteiger partial charge on any atom is 0.272 e. The lowest BCUT2D eigenvalue weighted by molar-refractivity contribution is 0.0432. The van der Waals surface area contributed by atoms with E-state index in [2.05, 4.69) is 39.4 Å². The number of piperazine rings is 1. The van der Waals surface area contributed by atoms with Crippen LogP contribution in [0.4, 0.5) is 0 Å². The monoisotopic (exact) mass is 416 g/mol. The molecule has 6 nitrogen and oxygen atoms in total. The Bertz CT molecular complexity index is 1040. The van der Waals surface area contributed by atoms with Crippen LogP contribution in [0.2, 0.25) is 0 Å². The van der Waals surface area contributed by atoms with Gasteiger partial charge in [0.05, 0.1) is 12.8 Å². The fourth-order valence-electron chi connectivity index (χ4n) is 4.50. The molecule has 1 saturated carbocycles. The summed E-state index contributed by atoms with van der Waals surface area (Å²) >= 11 is 0.